The summed E-state index contributed by atoms with van der Waals surface area (Å²) in [6.45, 7) is -0.283. The maximum Gasteiger partial charge on any atom is 0.263 e. The SMILES string of the molecule is [N-]=[N+]=NCC(O)C(O)c1ccc(C(F)F)cc1. The largest absolute Gasteiger partial charge is 0.390 e. The second kappa shape index (κ2) is 6.15. The molecule has 2 atom stereocenters. The van der Waals surface area contributed by atoms with Crippen molar-refractivity contribution in [1.29, 1.82) is 0 Å². The van der Waals surface area contributed by atoms with Crippen molar-refractivity contribution in [2.75, 3.05) is 6.54 Å². The Bertz CT molecular complexity index is 405. The van der Waals surface area contributed by atoms with Gasteiger partial charge >= 0.3 is 0 Å². The number of hydrogen-bond acceptors (Lipinski definition) is 3. The number of aliphatic hydroxyl groups is 2. The van der Waals surface area contributed by atoms with Crippen LogP contribution in [0.3, 0.4) is 0 Å². The number of hydrogen-bond donors (Lipinski definition) is 2. The molecule has 0 saturated heterocycles. The molecular weight excluding hydrogens is 232 g/mol. The Balaban J connectivity index is 2.75. The zero-order valence-electron chi connectivity index (χ0n) is 8.74. The fourth-order valence-electron chi connectivity index (χ4n) is 1.28. The van der Waals surface area contributed by atoms with E-state index in [0.29, 0.717) is 0 Å². The van der Waals surface area contributed by atoms with Crippen LogP contribution in [0.5, 0.6) is 0 Å². The van der Waals surface area contributed by atoms with Crippen molar-refractivity contribution in [2.24, 2.45) is 5.11 Å². The van der Waals surface area contributed by atoms with Crippen molar-refractivity contribution in [2.45, 2.75) is 18.6 Å². The summed E-state index contributed by atoms with van der Waals surface area (Å²) in [6.07, 6.45) is -5.11. The van der Waals surface area contributed by atoms with Gasteiger partial charge in [0.2, 0.25) is 0 Å². The fraction of sp³-hybridized carbons (Fsp3) is 0.400. The monoisotopic (exact) mass is 243 g/mol. The van der Waals surface area contributed by atoms with Crippen LogP contribution in [0.1, 0.15) is 23.7 Å². The lowest BCUT2D eigenvalue weighted by atomic mass is 10.0. The molecule has 2 N–H and O–H groups in total. The smallest absolute Gasteiger partial charge is 0.263 e. The minimum Gasteiger partial charge on any atom is -0.390 e. The molecule has 0 aliphatic heterocycles. The molecule has 1 aromatic rings. The molecule has 92 valence electrons. The van der Waals surface area contributed by atoms with E-state index < -0.39 is 18.6 Å². The summed E-state index contributed by atoms with van der Waals surface area (Å²) < 4.78 is 24.5. The van der Waals surface area contributed by atoms with E-state index in [9.17, 15) is 19.0 Å². The Morgan fingerprint density at radius 2 is 1.71 bits per heavy atom. The van der Waals surface area contributed by atoms with Gasteiger partial charge in [0, 0.05) is 10.5 Å². The second-order valence-corrected chi connectivity index (χ2v) is 3.39. The van der Waals surface area contributed by atoms with Crippen molar-refractivity contribution < 1.29 is 19.0 Å². The predicted octanol–water partition coefficient (Wildman–Crippen LogP) is 2.33. The van der Waals surface area contributed by atoms with Gasteiger partial charge in [0.1, 0.15) is 6.10 Å². The highest BCUT2D eigenvalue weighted by Crippen LogP contribution is 2.22. The summed E-state index contributed by atoms with van der Waals surface area (Å²) in [5.41, 5.74) is 8.17. The van der Waals surface area contributed by atoms with Crippen LogP contribution in [0.25, 0.3) is 10.4 Å². The van der Waals surface area contributed by atoms with E-state index in [1.54, 1.807) is 0 Å². The Labute approximate surface area is 95.9 Å². The number of azide groups is 1. The van der Waals surface area contributed by atoms with Crippen LogP contribution in [0.2, 0.25) is 0 Å². The molecule has 17 heavy (non-hydrogen) atoms. The maximum atomic E-state index is 12.3. The first-order chi connectivity index (χ1) is 8.06. The average Bonchev–Trinajstić information content (AvgIpc) is 2.35. The third-order valence-corrected chi connectivity index (χ3v) is 2.23. The highest BCUT2D eigenvalue weighted by atomic mass is 19.3. The average molecular weight is 243 g/mol. The van der Waals surface area contributed by atoms with Gasteiger partial charge in [0.05, 0.1) is 12.6 Å². The lowest BCUT2D eigenvalue weighted by Gasteiger charge is -2.16. The molecule has 0 saturated carbocycles. The molecule has 5 nitrogen and oxygen atoms in total. The van der Waals surface area contributed by atoms with Crippen molar-refractivity contribution in [3.05, 3.63) is 45.8 Å². The normalized spacial score (nSPS) is 14.2. The number of halogens is 2. The van der Waals surface area contributed by atoms with Crippen LogP contribution in [0.15, 0.2) is 29.4 Å². The molecule has 0 fully saturated rings. The summed E-state index contributed by atoms with van der Waals surface area (Å²) in [5.74, 6) is 0. The minimum absolute atomic E-state index is 0.162. The minimum atomic E-state index is -2.57. The van der Waals surface area contributed by atoms with Crippen molar-refractivity contribution in [3.8, 4) is 0 Å². The zero-order valence-corrected chi connectivity index (χ0v) is 8.74. The van der Waals surface area contributed by atoms with Crippen LogP contribution in [0, 0.1) is 0 Å². The third-order valence-electron chi connectivity index (χ3n) is 2.23. The van der Waals surface area contributed by atoms with Crippen molar-refractivity contribution in [3.63, 3.8) is 0 Å². The summed E-state index contributed by atoms with van der Waals surface area (Å²) in [6, 6.07) is 4.93. The molecule has 0 aromatic heterocycles. The van der Waals surface area contributed by atoms with Crippen LogP contribution in [0.4, 0.5) is 8.78 Å². The van der Waals surface area contributed by atoms with Crippen LogP contribution >= 0.6 is 0 Å². The number of rotatable bonds is 5. The standard InChI is InChI=1S/C10H11F2N3O2/c11-10(12)7-3-1-6(2-4-7)9(17)8(16)5-14-15-13/h1-4,8-10,16-17H,5H2. The van der Waals surface area contributed by atoms with Crippen molar-refractivity contribution in [1.82, 2.24) is 0 Å². The second-order valence-electron chi connectivity index (χ2n) is 3.39. The first-order valence-corrected chi connectivity index (χ1v) is 4.81. The van der Waals surface area contributed by atoms with Crippen LogP contribution in [-0.2, 0) is 0 Å². The lowest BCUT2D eigenvalue weighted by molar-refractivity contribution is 0.0243. The van der Waals surface area contributed by atoms with E-state index in [0.717, 1.165) is 0 Å². The third kappa shape index (κ3) is 3.67. The Morgan fingerprint density at radius 3 is 2.18 bits per heavy atom. The molecule has 0 radical (unpaired) electrons. The molecule has 0 aliphatic rings. The van der Waals surface area contributed by atoms with E-state index in [1.165, 1.54) is 24.3 Å². The predicted molar refractivity (Wildman–Crippen MR) is 56.4 cm³/mol. The van der Waals surface area contributed by atoms with Gasteiger partial charge in [-0.1, -0.05) is 29.4 Å². The molecule has 0 bridgehead atoms. The van der Waals surface area contributed by atoms with Gasteiger partial charge in [-0.2, -0.15) is 0 Å². The molecular formula is C10H11F2N3O2. The van der Waals surface area contributed by atoms with Crippen LogP contribution in [-0.4, -0.2) is 22.9 Å². The summed E-state index contributed by atoms with van der Waals surface area (Å²) in [4.78, 5) is 2.44. The Kier molecular flexibility index (Phi) is 4.84. The molecule has 1 rings (SSSR count). The Morgan fingerprint density at radius 1 is 1.18 bits per heavy atom. The first-order valence-electron chi connectivity index (χ1n) is 4.81. The molecule has 0 spiro atoms. The highest BCUT2D eigenvalue weighted by molar-refractivity contribution is 5.25. The number of nitrogens with zero attached hydrogens (tertiary/aromatic N) is 3. The van der Waals surface area contributed by atoms with E-state index in [2.05, 4.69) is 10.0 Å². The molecule has 0 heterocycles. The molecule has 0 aliphatic carbocycles. The summed E-state index contributed by atoms with van der Waals surface area (Å²) >= 11 is 0. The summed E-state index contributed by atoms with van der Waals surface area (Å²) in [5, 5.41) is 22.2. The molecule has 1 aromatic carbocycles. The van der Waals surface area contributed by atoms with Gasteiger partial charge in [-0.3, -0.25) is 0 Å². The molecule has 7 heteroatoms. The van der Waals surface area contributed by atoms with Gasteiger partial charge in [-0.15, -0.1) is 0 Å². The van der Waals surface area contributed by atoms with E-state index >= 15 is 0 Å². The van der Waals surface area contributed by atoms with Gasteiger partial charge in [0.25, 0.3) is 6.43 Å². The number of aliphatic hydroxyl groups excluding tert-OH is 2. The topological polar surface area (TPSA) is 89.2 Å². The molecule has 0 amide bonds. The van der Waals surface area contributed by atoms with Gasteiger partial charge < -0.3 is 10.2 Å². The fourth-order valence-corrected chi connectivity index (χ4v) is 1.28. The van der Waals surface area contributed by atoms with E-state index in [4.69, 9.17) is 5.53 Å². The lowest BCUT2D eigenvalue weighted by Crippen LogP contribution is -2.21. The quantitative estimate of drug-likeness (QED) is 0.472. The van der Waals surface area contributed by atoms with Crippen LogP contribution < -0.4 is 0 Å². The highest BCUT2D eigenvalue weighted by Gasteiger charge is 2.18. The zero-order chi connectivity index (χ0) is 12.8. The molecule has 2 unspecified atom stereocenters. The van der Waals surface area contributed by atoms with Crippen molar-refractivity contribution >= 4 is 0 Å². The number of alkyl halides is 2. The van der Waals surface area contributed by atoms with Gasteiger partial charge in [-0.05, 0) is 11.1 Å². The maximum absolute atomic E-state index is 12.3. The van der Waals surface area contributed by atoms with E-state index in [1.807, 2.05) is 0 Å². The summed E-state index contributed by atoms with van der Waals surface area (Å²) in [7, 11) is 0. The first kappa shape index (κ1) is 13.4. The van der Waals surface area contributed by atoms with E-state index in [-0.39, 0.29) is 17.7 Å². The van der Waals surface area contributed by atoms with Gasteiger partial charge in [0.15, 0.2) is 0 Å². The van der Waals surface area contributed by atoms with Gasteiger partial charge in [-0.25, -0.2) is 8.78 Å². The number of benzene rings is 1. The Hall–Kier alpha value is -1.69.